The molecule has 0 spiro atoms. The van der Waals surface area contributed by atoms with E-state index in [-0.39, 0.29) is 11.8 Å². The van der Waals surface area contributed by atoms with E-state index in [2.05, 4.69) is 29.6 Å². The summed E-state index contributed by atoms with van der Waals surface area (Å²) < 4.78 is 0. The topological polar surface area (TPSA) is 55.1 Å². The molecule has 2 rings (SSSR count). The van der Waals surface area contributed by atoms with Crippen LogP contribution < -0.4 is 11.1 Å². The number of aryl methyl sites for hydroxylation is 1. The van der Waals surface area contributed by atoms with Crippen molar-refractivity contribution in [3.8, 4) is 0 Å². The number of rotatable bonds is 4. The molecule has 1 amide bonds. The number of nitrogens with one attached hydrogen (secondary N) is 1. The zero-order valence-electron chi connectivity index (χ0n) is 11.1. The monoisotopic (exact) mass is 246 g/mol. The number of nitrogens with two attached hydrogens (primary N) is 1. The smallest absolute Gasteiger partial charge is 0.237 e. The second kappa shape index (κ2) is 5.53. The summed E-state index contributed by atoms with van der Waals surface area (Å²) in [6, 6.07) is 8.09. The maximum Gasteiger partial charge on any atom is 0.237 e. The average Bonchev–Trinajstić information content (AvgIpc) is 2.78. The van der Waals surface area contributed by atoms with Crippen molar-refractivity contribution < 1.29 is 4.79 Å². The summed E-state index contributed by atoms with van der Waals surface area (Å²) in [7, 11) is 0. The highest BCUT2D eigenvalue weighted by Crippen LogP contribution is 2.32. The Kier molecular flexibility index (Phi) is 4.02. The lowest BCUT2D eigenvalue weighted by atomic mass is 10.0. The first-order chi connectivity index (χ1) is 8.59. The van der Waals surface area contributed by atoms with Crippen LogP contribution in [-0.2, 0) is 11.2 Å². The fourth-order valence-corrected chi connectivity index (χ4v) is 2.50. The van der Waals surface area contributed by atoms with Gasteiger partial charge in [0.15, 0.2) is 0 Å². The van der Waals surface area contributed by atoms with E-state index in [1.54, 1.807) is 0 Å². The Balaban J connectivity index is 1.91. The first kappa shape index (κ1) is 13.1. The van der Waals surface area contributed by atoms with Gasteiger partial charge in [-0.2, -0.15) is 0 Å². The van der Waals surface area contributed by atoms with Crippen LogP contribution in [0.15, 0.2) is 24.3 Å². The minimum atomic E-state index is -0.401. The van der Waals surface area contributed by atoms with Crippen molar-refractivity contribution in [2.45, 2.75) is 38.6 Å². The van der Waals surface area contributed by atoms with Crippen LogP contribution in [0.25, 0.3) is 0 Å². The van der Waals surface area contributed by atoms with E-state index in [0.717, 1.165) is 12.8 Å². The van der Waals surface area contributed by atoms with E-state index in [0.29, 0.717) is 12.5 Å². The molecule has 3 N–H and O–H groups in total. The molecule has 0 fully saturated rings. The summed E-state index contributed by atoms with van der Waals surface area (Å²) in [5.41, 5.74) is 8.63. The van der Waals surface area contributed by atoms with Gasteiger partial charge in [0.2, 0.25) is 5.91 Å². The number of amides is 1. The highest BCUT2D eigenvalue weighted by molar-refractivity contribution is 5.81. The molecule has 98 valence electrons. The molecule has 0 radical (unpaired) electrons. The van der Waals surface area contributed by atoms with Crippen molar-refractivity contribution in [3.05, 3.63) is 35.4 Å². The van der Waals surface area contributed by atoms with E-state index in [4.69, 9.17) is 5.73 Å². The molecule has 0 aliphatic heterocycles. The number of carbonyl (C=O) groups is 1. The molecule has 0 bridgehead atoms. The molecule has 1 aliphatic rings. The highest BCUT2D eigenvalue weighted by atomic mass is 16.2. The van der Waals surface area contributed by atoms with Crippen LogP contribution in [0, 0.1) is 5.92 Å². The van der Waals surface area contributed by atoms with Crippen LogP contribution in [0.1, 0.15) is 37.3 Å². The average molecular weight is 246 g/mol. The summed E-state index contributed by atoms with van der Waals surface area (Å²) in [5.74, 6) is 0.597. The predicted molar refractivity (Wildman–Crippen MR) is 73.3 cm³/mol. The molecule has 3 nitrogen and oxygen atoms in total. The lowest BCUT2D eigenvalue weighted by Crippen LogP contribution is -2.44. The molecule has 0 saturated heterocycles. The lowest BCUT2D eigenvalue weighted by molar-refractivity contribution is -0.123. The Morgan fingerprint density at radius 3 is 2.89 bits per heavy atom. The number of benzene rings is 1. The Labute approximate surface area is 109 Å². The van der Waals surface area contributed by atoms with E-state index in [9.17, 15) is 4.79 Å². The van der Waals surface area contributed by atoms with Crippen molar-refractivity contribution in [2.75, 3.05) is 6.54 Å². The minimum Gasteiger partial charge on any atom is -0.354 e. The first-order valence-corrected chi connectivity index (χ1v) is 6.70. The summed E-state index contributed by atoms with van der Waals surface area (Å²) >= 11 is 0. The number of fused-ring (bicyclic) bond motifs is 1. The Morgan fingerprint density at radius 1 is 1.44 bits per heavy atom. The van der Waals surface area contributed by atoms with Crippen LogP contribution in [0.2, 0.25) is 0 Å². The van der Waals surface area contributed by atoms with E-state index in [1.165, 1.54) is 11.1 Å². The molecule has 1 unspecified atom stereocenters. The third-order valence-electron chi connectivity index (χ3n) is 3.80. The third kappa shape index (κ3) is 2.72. The van der Waals surface area contributed by atoms with Gasteiger partial charge in [-0.3, -0.25) is 4.79 Å². The van der Waals surface area contributed by atoms with E-state index < -0.39 is 6.04 Å². The second-order valence-corrected chi connectivity index (χ2v) is 5.45. The van der Waals surface area contributed by atoms with Crippen molar-refractivity contribution in [1.82, 2.24) is 5.32 Å². The normalized spacial score (nSPS) is 19.7. The largest absolute Gasteiger partial charge is 0.354 e. The molecule has 3 heteroatoms. The van der Waals surface area contributed by atoms with Crippen LogP contribution in [0.5, 0.6) is 0 Å². The first-order valence-electron chi connectivity index (χ1n) is 6.70. The van der Waals surface area contributed by atoms with Crippen LogP contribution in [0.3, 0.4) is 0 Å². The lowest BCUT2D eigenvalue weighted by Gasteiger charge is -2.18. The predicted octanol–water partition coefficient (Wildman–Crippen LogP) is 1.82. The zero-order chi connectivity index (χ0) is 13.1. The third-order valence-corrected chi connectivity index (χ3v) is 3.80. The van der Waals surface area contributed by atoms with Gasteiger partial charge in [-0.1, -0.05) is 38.1 Å². The van der Waals surface area contributed by atoms with Gasteiger partial charge in [-0.05, 0) is 29.9 Å². The Bertz CT molecular complexity index is 428. The number of hydrogen-bond acceptors (Lipinski definition) is 2. The standard InChI is InChI=1S/C15H22N2O/c1-10(2)14(16)15(18)17-9-12-8-7-11-5-3-4-6-13(11)12/h3-6,10,12,14H,7-9,16H2,1-2H3,(H,17,18)/t12?,14-/m0/s1. The summed E-state index contributed by atoms with van der Waals surface area (Å²) in [5, 5.41) is 2.98. The van der Waals surface area contributed by atoms with Crippen molar-refractivity contribution >= 4 is 5.91 Å². The molecular weight excluding hydrogens is 224 g/mol. The SMILES string of the molecule is CC(C)[C@H](N)C(=O)NCC1CCc2ccccc21. The Hall–Kier alpha value is -1.35. The quantitative estimate of drug-likeness (QED) is 0.851. The van der Waals surface area contributed by atoms with Crippen molar-refractivity contribution in [1.29, 1.82) is 0 Å². The number of hydrogen-bond donors (Lipinski definition) is 2. The molecule has 1 aliphatic carbocycles. The van der Waals surface area contributed by atoms with Crippen molar-refractivity contribution in [3.63, 3.8) is 0 Å². The molecule has 0 aromatic heterocycles. The van der Waals surface area contributed by atoms with Gasteiger partial charge in [-0.15, -0.1) is 0 Å². The van der Waals surface area contributed by atoms with Gasteiger partial charge in [0.05, 0.1) is 6.04 Å². The zero-order valence-corrected chi connectivity index (χ0v) is 11.1. The van der Waals surface area contributed by atoms with Gasteiger partial charge in [0, 0.05) is 12.5 Å². The van der Waals surface area contributed by atoms with E-state index >= 15 is 0 Å². The highest BCUT2D eigenvalue weighted by Gasteiger charge is 2.23. The fraction of sp³-hybridized carbons (Fsp3) is 0.533. The maximum atomic E-state index is 11.8. The summed E-state index contributed by atoms with van der Waals surface area (Å²) in [4.78, 5) is 11.8. The molecule has 2 atom stereocenters. The molecule has 1 aromatic carbocycles. The molecule has 1 aromatic rings. The molecule has 0 heterocycles. The van der Waals surface area contributed by atoms with Gasteiger partial charge in [-0.25, -0.2) is 0 Å². The van der Waals surface area contributed by atoms with Gasteiger partial charge < -0.3 is 11.1 Å². The Morgan fingerprint density at radius 2 is 2.17 bits per heavy atom. The molecule has 18 heavy (non-hydrogen) atoms. The molecule has 0 saturated carbocycles. The van der Waals surface area contributed by atoms with Crippen molar-refractivity contribution in [2.24, 2.45) is 11.7 Å². The van der Waals surface area contributed by atoms with Crippen LogP contribution in [0.4, 0.5) is 0 Å². The van der Waals surface area contributed by atoms with Gasteiger partial charge >= 0.3 is 0 Å². The second-order valence-electron chi connectivity index (χ2n) is 5.45. The molecular formula is C15H22N2O. The van der Waals surface area contributed by atoms with Crippen LogP contribution in [-0.4, -0.2) is 18.5 Å². The summed E-state index contributed by atoms with van der Waals surface area (Å²) in [6.07, 6.45) is 2.24. The van der Waals surface area contributed by atoms with Gasteiger partial charge in [0.1, 0.15) is 0 Å². The number of carbonyl (C=O) groups excluding carboxylic acids is 1. The van der Waals surface area contributed by atoms with E-state index in [1.807, 2.05) is 13.8 Å². The minimum absolute atomic E-state index is 0.0330. The van der Waals surface area contributed by atoms with Crippen LogP contribution >= 0.6 is 0 Å². The maximum absolute atomic E-state index is 11.8. The van der Waals surface area contributed by atoms with Gasteiger partial charge in [0.25, 0.3) is 0 Å². The fourth-order valence-electron chi connectivity index (χ4n) is 2.50. The summed E-state index contributed by atoms with van der Waals surface area (Å²) in [6.45, 7) is 4.64.